The molecule has 1 aromatic carbocycles. The molecule has 1 N–H and O–H groups in total. The van der Waals surface area contributed by atoms with Crippen molar-refractivity contribution in [3.05, 3.63) is 35.6 Å². The van der Waals surface area contributed by atoms with Crippen molar-refractivity contribution in [2.24, 2.45) is 11.8 Å². The van der Waals surface area contributed by atoms with E-state index >= 15 is 0 Å². The Hall–Kier alpha value is -2.28. The Labute approximate surface area is 145 Å². The predicted molar refractivity (Wildman–Crippen MR) is 86.7 cm³/mol. The van der Waals surface area contributed by atoms with Gasteiger partial charge in [-0.15, -0.1) is 0 Å². The van der Waals surface area contributed by atoms with E-state index in [0.29, 0.717) is 18.4 Å². The molecule has 134 valence electrons. The van der Waals surface area contributed by atoms with Gasteiger partial charge in [-0.25, -0.2) is 4.39 Å². The Morgan fingerprint density at radius 3 is 2.48 bits per heavy atom. The third-order valence-corrected chi connectivity index (χ3v) is 5.30. The Bertz CT molecular complexity index is 720. The number of halogens is 1. The number of amides is 2. The van der Waals surface area contributed by atoms with E-state index < -0.39 is 35.2 Å². The molecule has 0 unspecified atom stereocenters. The average Bonchev–Trinajstić information content (AvgIpc) is 3.06. The zero-order valence-corrected chi connectivity index (χ0v) is 14.4. The van der Waals surface area contributed by atoms with Crippen molar-refractivity contribution in [2.45, 2.75) is 31.3 Å². The minimum Gasteiger partial charge on any atom is -0.468 e. The molecule has 2 amide bonds. The smallest absolute Gasteiger partial charge is 0.326 e. The molecule has 2 aliphatic heterocycles. The second kappa shape index (κ2) is 6.22. The van der Waals surface area contributed by atoms with Crippen molar-refractivity contribution in [2.75, 3.05) is 14.2 Å². The summed E-state index contributed by atoms with van der Waals surface area (Å²) < 4.78 is 18.3. The van der Waals surface area contributed by atoms with Gasteiger partial charge in [0.1, 0.15) is 11.4 Å². The lowest BCUT2D eigenvalue weighted by molar-refractivity contribution is -0.154. The average molecular weight is 348 g/mol. The van der Waals surface area contributed by atoms with E-state index in [-0.39, 0.29) is 11.8 Å². The van der Waals surface area contributed by atoms with Crippen LogP contribution in [0.5, 0.6) is 0 Å². The first-order valence-corrected chi connectivity index (χ1v) is 8.30. The molecule has 0 aliphatic carbocycles. The number of imide groups is 1. The van der Waals surface area contributed by atoms with Gasteiger partial charge in [0, 0.05) is 13.1 Å². The van der Waals surface area contributed by atoms with Crippen LogP contribution in [0.4, 0.5) is 4.39 Å². The topological polar surface area (TPSA) is 75.7 Å². The quantitative estimate of drug-likeness (QED) is 0.658. The number of nitrogens with zero attached hydrogens (tertiary/aromatic N) is 1. The Morgan fingerprint density at radius 2 is 1.92 bits per heavy atom. The van der Waals surface area contributed by atoms with E-state index in [9.17, 15) is 18.8 Å². The van der Waals surface area contributed by atoms with E-state index in [1.165, 1.54) is 26.3 Å². The van der Waals surface area contributed by atoms with Gasteiger partial charge < -0.3 is 4.74 Å². The van der Waals surface area contributed by atoms with Crippen LogP contribution in [0, 0.1) is 17.7 Å². The number of esters is 1. The van der Waals surface area contributed by atoms with Crippen molar-refractivity contribution in [1.82, 2.24) is 10.2 Å². The molecule has 2 saturated heterocycles. The summed E-state index contributed by atoms with van der Waals surface area (Å²) in [5, 5.41) is 3.21. The Balaban J connectivity index is 2.13. The van der Waals surface area contributed by atoms with Crippen LogP contribution in [0.1, 0.15) is 31.4 Å². The summed E-state index contributed by atoms with van der Waals surface area (Å²) in [6, 6.07) is 5.18. The van der Waals surface area contributed by atoms with Crippen LogP contribution in [0.3, 0.4) is 0 Å². The minimum absolute atomic E-state index is 0.335. The molecule has 0 radical (unpaired) electrons. The molecule has 1 aromatic rings. The monoisotopic (exact) mass is 348 g/mol. The van der Waals surface area contributed by atoms with Gasteiger partial charge in [-0.3, -0.25) is 24.6 Å². The molecule has 2 heterocycles. The Morgan fingerprint density at radius 1 is 1.28 bits per heavy atom. The van der Waals surface area contributed by atoms with Gasteiger partial charge in [-0.1, -0.05) is 25.5 Å². The number of hydrogen-bond donors (Lipinski definition) is 1. The van der Waals surface area contributed by atoms with Crippen LogP contribution < -0.4 is 5.32 Å². The number of nitrogens with one attached hydrogen (secondary N) is 1. The zero-order chi connectivity index (χ0) is 18.4. The summed E-state index contributed by atoms with van der Waals surface area (Å²) in [6.07, 6.45) is 0.998. The molecular weight excluding hydrogens is 327 g/mol. The van der Waals surface area contributed by atoms with Crippen LogP contribution in [-0.2, 0) is 19.1 Å². The van der Waals surface area contributed by atoms with E-state index in [0.717, 1.165) is 4.90 Å². The number of fused-ring (bicyclic) bond motifs is 1. The first kappa shape index (κ1) is 17.5. The highest BCUT2D eigenvalue weighted by Gasteiger charge is 2.67. The first-order chi connectivity index (χ1) is 11.9. The molecule has 2 fully saturated rings. The van der Waals surface area contributed by atoms with Crippen LogP contribution in [-0.4, -0.2) is 42.4 Å². The maximum atomic E-state index is 13.3. The summed E-state index contributed by atoms with van der Waals surface area (Å²) in [5.74, 6) is -3.20. The van der Waals surface area contributed by atoms with Crippen molar-refractivity contribution in [3.63, 3.8) is 0 Å². The molecule has 0 bridgehead atoms. The Kier molecular flexibility index (Phi) is 4.36. The number of carbonyl (C=O) groups excluding carboxylic acids is 3. The van der Waals surface area contributed by atoms with Gasteiger partial charge in [-0.05, 0) is 24.1 Å². The fourth-order valence-electron chi connectivity index (χ4n) is 4.20. The molecular formula is C18H21FN2O4. The van der Waals surface area contributed by atoms with Crippen LogP contribution >= 0.6 is 0 Å². The first-order valence-electron chi connectivity index (χ1n) is 8.30. The number of methoxy groups -OCH3 is 1. The van der Waals surface area contributed by atoms with E-state index in [1.807, 2.05) is 6.92 Å². The maximum absolute atomic E-state index is 13.3. The van der Waals surface area contributed by atoms with Crippen LogP contribution in [0.25, 0.3) is 0 Å². The van der Waals surface area contributed by atoms with Gasteiger partial charge in [-0.2, -0.15) is 0 Å². The molecule has 4 atom stereocenters. The molecule has 6 nitrogen and oxygen atoms in total. The highest BCUT2D eigenvalue weighted by Crippen LogP contribution is 2.50. The van der Waals surface area contributed by atoms with Crippen molar-refractivity contribution < 1.29 is 23.5 Å². The summed E-state index contributed by atoms with van der Waals surface area (Å²) >= 11 is 0. The van der Waals surface area contributed by atoms with Gasteiger partial charge in [0.05, 0.1) is 18.9 Å². The van der Waals surface area contributed by atoms with E-state index in [4.69, 9.17) is 4.74 Å². The second-order valence-corrected chi connectivity index (χ2v) is 6.63. The SMILES string of the molecule is CCC[C@@]1(C(=O)OC)N[C@@H](c2ccc(F)cc2)[C@H]2C(=O)N(C)C(=O)[C@@H]21. The van der Waals surface area contributed by atoms with Gasteiger partial charge in [0.15, 0.2) is 0 Å². The fraction of sp³-hybridized carbons (Fsp3) is 0.500. The predicted octanol–water partition coefficient (Wildman–Crippen LogP) is 1.41. The molecule has 7 heteroatoms. The number of likely N-dealkylation sites (tertiary alicyclic amines) is 1. The number of hydrogen-bond acceptors (Lipinski definition) is 5. The van der Waals surface area contributed by atoms with Gasteiger partial charge >= 0.3 is 5.97 Å². The molecule has 0 spiro atoms. The summed E-state index contributed by atoms with van der Waals surface area (Å²) in [6.45, 7) is 1.90. The molecule has 0 saturated carbocycles. The van der Waals surface area contributed by atoms with Gasteiger partial charge in [0.25, 0.3) is 0 Å². The largest absolute Gasteiger partial charge is 0.468 e. The van der Waals surface area contributed by atoms with E-state index in [2.05, 4.69) is 5.32 Å². The number of rotatable bonds is 4. The summed E-state index contributed by atoms with van der Waals surface area (Å²) in [5.41, 5.74) is -0.597. The maximum Gasteiger partial charge on any atom is 0.326 e. The standard InChI is InChI=1S/C18H21FN2O4/c1-4-9-18(17(24)25-3)13-12(15(22)21(2)16(13)23)14(20-18)10-5-7-11(19)8-6-10/h5-8,12-14,20H,4,9H2,1-3H3/t12-,13+,14-,18+/m0/s1. The van der Waals surface area contributed by atoms with Crippen molar-refractivity contribution in [1.29, 1.82) is 0 Å². The summed E-state index contributed by atoms with van der Waals surface area (Å²) in [4.78, 5) is 39.1. The molecule has 25 heavy (non-hydrogen) atoms. The lowest BCUT2D eigenvalue weighted by Crippen LogP contribution is -2.56. The van der Waals surface area contributed by atoms with Crippen molar-refractivity contribution >= 4 is 17.8 Å². The lowest BCUT2D eigenvalue weighted by Gasteiger charge is -2.31. The highest BCUT2D eigenvalue weighted by atomic mass is 19.1. The van der Waals surface area contributed by atoms with Gasteiger partial charge in [0.2, 0.25) is 11.8 Å². The molecule has 0 aromatic heterocycles. The minimum atomic E-state index is -1.26. The fourth-order valence-corrected chi connectivity index (χ4v) is 4.20. The van der Waals surface area contributed by atoms with Crippen molar-refractivity contribution in [3.8, 4) is 0 Å². The zero-order valence-electron chi connectivity index (χ0n) is 14.4. The van der Waals surface area contributed by atoms with Crippen LogP contribution in [0.15, 0.2) is 24.3 Å². The summed E-state index contributed by atoms with van der Waals surface area (Å²) in [7, 11) is 2.70. The van der Waals surface area contributed by atoms with E-state index in [1.54, 1.807) is 12.1 Å². The number of carbonyl (C=O) groups is 3. The lowest BCUT2D eigenvalue weighted by atomic mass is 9.77. The number of benzene rings is 1. The normalized spacial score (nSPS) is 31.4. The molecule has 3 rings (SSSR count). The second-order valence-electron chi connectivity index (χ2n) is 6.63. The third kappa shape index (κ3) is 2.45. The van der Waals surface area contributed by atoms with Crippen LogP contribution in [0.2, 0.25) is 0 Å². The highest BCUT2D eigenvalue weighted by molar-refractivity contribution is 6.09. The number of ether oxygens (including phenoxy) is 1. The third-order valence-electron chi connectivity index (χ3n) is 5.30. The molecule has 2 aliphatic rings.